The van der Waals surface area contributed by atoms with Crippen molar-refractivity contribution in [2.24, 2.45) is 35.5 Å². The molecule has 1 unspecified atom stereocenters. The van der Waals surface area contributed by atoms with Gasteiger partial charge in [-0.25, -0.2) is 20.0 Å². The van der Waals surface area contributed by atoms with Crippen molar-refractivity contribution in [3.63, 3.8) is 0 Å². The minimum Gasteiger partial charge on any atom is -0.508 e. The average molecular weight is 1430 g/mol. The summed E-state index contributed by atoms with van der Waals surface area (Å²) in [5.41, 5.74) is 5.08. The number of phenolic OH excluding ortho intramolecular Hbond substituents is 1. The number of carbonyl (C=O) groups excluding carboxylic acids is 11. The number of amides is 6. The lowest BCUT2D eigenvalue weighted by Gasteiger charge is -2.39. The molecule has 546 valence electrons. The van der Waals surface area contributed by atoms with Crippen molar-refractivity contribution in [2.75, 3.05) is 51.6 Å². The summed E-state index contributed by atoms with van der Waals surface area (Å²) in [6.45, 7) is 13.9. The number of ketones is 2. The van der Waals surface area contributed by atoms with E-state index in [1.807, 2.05) is 53.5 Å². The molecule has 0 bridgehead atoms. The predicted octanol–water partition coefficient (Wildman–Crippen LogP) is 3.28. The maximum Gasteiger partial charge on any atom is 0.426 e. The number of phenols is 1. The Morgan fingerprint density at radius 1 is 0.835 bits per heavy atom. The van der Waals surface area contributed by atoms with Gasteiger partial charge >= 0.3 is 24.0 Å². The molecular formula is C64H100N8O22S3. The van der Waals surface area contributed by atoms with Gasteiger partial charge in [0, 0.05) is 92.3 Å². The van der Waals surface area contributed by atoms with E-state index in [9.17, 15) is 73.5 Å². The van der Waals surface area contributed by atoms with Crippen LogP contribution in [0.15, 0.2) is 29.6 Å². The van der Waals surface area contributed by atoms with Crippen LogP contribution in [0.5, 0.6) is 5.75 Å². The first-order valence-electron chi connectivity index (χ1n) is 32.4. The number of likely N-dealkylation sites (tertiary alicyclic amines) is 1. The molecule has 1 aromatic heterocycles. The fraction of sp³-hybridized carbons (Fsp3) is 0.688. The molecule has 0 radical (unpaired) electrons. The molecule has 0 saturated carbocycles. The van der Waals surface area contributed by atoms with E-state index in [2.05, 4.69) is 36.7 Å². The van der Waals surface area contributed by atoms with Crippen LogP contribution in [0.4, 0.5) is 4.79 Å². The van der Waals surface area contributed by atoms with E-state index in [1.165, 1.54) is 36.3 Å². The number of esters is 2. The number of aliphatic hydroxyl groups is 5. The second-order valence-electron chi connectivity index (χ2n) is 25.2. The zero-order chi connectivity index (χ0) is 72.6. The maximum atomic E-state index is 15.1. The van der Waals surface area contributed by atoms with Gasteiger partial charge in [-0.3, -0.25) is 53.6 Å². The monoisotopic (exact) mass is 1430 g/mol. The Bertz CT molecular complexity index is 2870. The summed E-state index contributed by atoms with van der Waals surface area (Å²) < 4.78 is 16.9. The minimum atomic E-state index is -1.94. The molecule has 2 heterocycles. The van der Waals surface area contributed by atoms with Crippen LogP contribution < -0.4 is 26.8 Å². The van der Waals surface area contributed by atoms with Crippen molar-refractivity contribution < 1.29 is 108 Å². The molecular weight excluding hydrogens is 1330 g/mol. The van der Waals surface area contributed by atoms with Crippen LogP contribution in [0.25, 0.3) is 0 Å². The number of hydrogen-bond donors (Lipinski definition) is 12. The van der Waals surface area contributed by atoms with E-state index < -0.39 is 140 Å². The number of hydrogen-bond acceptors (Lipinski definition) is 27. The Balaban J connectivity index is 1.68. The molecule has 12 N–H and O–H groups in total. The molecule has 6 amide bonds. The molecule has 1 aromatic carbocycles. The lowest BCUT2D eigenvalue weighted by molar-refractivity contribution is -0.236. The molecule has 30 nitrogen and oxygen atoms in total. The minimum absolute atomic E-state index is 0.00474. The standard InChI is InChI=1S/C64H100N8O22S3/c1-11-37(6)45(28-50(77)48-14-12-13-21-71(48)10)62(87)72(34-92-55(81)24-35(2)3)49(36(4)5)29-53(93-40(9)75)61-68-46(32-95-61)60(86)66-43(27-41-15-18-44(76)19-16-41)25-38(7)58(84)69-70-64(89)91-22-23-96-97-33-47(63(88)94-90)67-59(85)42(26-39(8)74)17-20-54(80)65-30-51(78)56(82)57(83)52(79)31-73/h15-16,18-19,32,35-38,42-43,45,47-49,51-53,56-57,73,76,78-79,82-83,90H,11-14,17,20-31,33-34H2,1-10H3,(H,65,80)(H,66,86)(H,67,85)(H,69,84)(H,70,89)/t37?,38-,42+,43+,45-,47-,48+,49+,51-,52+,53+,56+,57+/m0/s1. The third-order valence-corrected chi connectivity index (χ3v) is 19.7. The summed E-state index contributed by atoms with van der Waals surface area (Å²) in [4.78, 5) is 158. The number of Topliss-reactive ketones (excluding diaryl/α,β-unsaturated/α-hetero) is 2. The number of aromatic nitrogens is 1. The highest BCUT2D eigenvalue weighted by molar-refractivity contribution is 8.76. The molecule has 3 rings (SSSR count). The molecule has 0 spiro atoms. The number of ether oxygens (including phenoxy) is 3. The van der Waals surface area contributed by atoms with E-state index in [4.69, 9.17) is 24.6 Å². The summed E-state index contributed by atoms with van der Waals surface area (Å²) in [6.07, 6.45) is -7.15. The number of nitrogens with zero attached hydrogens (tertiary/aromatic N) is 3. The molecule has 1 saturated heterocycles. The van der Waals surface area contributed by atoms with E-state index in [0.29, 0.717) is 18.4 Å². The van der Waals surface area contributed by atoms with Gasteiger partial charge in [-0.05, 0) is 88.1 Å². The number of aliphatic hydroxyl groups excluding tert-OH is 5. The fourth-order valence-electron chi connectivity index (χ4n) is 10.6. The maximum absolute atomic E-state index is 15.1. The Hall–Kier alpha value is -6.56. The number of nitrogens with one attached hydrogen (secondary N) is 5. The summed E-state index contributed by atoms with van der Waals surface area (Å²) in [5.74, 6) is -9.70. The van der Waals surface area contributed by atoms with Gasteiger partial charge in [0.25, 0.3) is 5.91 Å². The van der Waals surface area contributed by atoms with Crippen LogP contribution in [0.2, 0.25) is 0 Å². The molecule has 0 aliphatic carbocycles. The highest BCUT2D eigenvalue weighted by Crippen LogP contribution is 2.34. The van der Waals surface area contributed by atoms with Gasteiger partial charge in [0.05, 0.1) is 18.8 Å². The van der Waals surface area contributed by atoms with Crippen molar-refractivity contribution in [3.8, 4) is 5.75 Å². The van der Waals surface area contributed by atoms with Crippen LogP contribution in [0.1, 0.15) is 160 Å². The molecule has 33 heteroatoms. The zero-order valence-corrected chi connectivity index (χ0v) is 59.3. The number of aromatic hydroxyl groups is 1. The van der Waals surface area contributed by atoms with Crippen molar-refractivity contribution in [1.29, 1.82) is 0 Å². The highest BCUT2D eigenvalue weighted by Gasteiger charge is 2.40. The first kappa shape index (κ1) is 84.7. The van der Waals surface area contributed by atoms with Crippen LogP contribution in [0, 0.1) is 35.5 Å². The van der Waals surface area contributed by atoms with Crippen LogP contribution in [-0.2, 0) is 68.7 Å². The van der Waals surface area contributed by atoms with Crippen LogP contribution in [-0.4, -0.2) is 216 Å². The smallest absolute Gasteiger partial charge is 0.426 e. The third kappa shape index (κ3) is 30.2. The van der Waals surface area contributed by atoms with Gasteiger partial charge in [0.1, 0.15) is 53.2 Å². The summed E-state index contributed by atoms with van der Waals surface area (Å²) in [7, 11) is 3.98. The van der Waals surface area contributed by atoms with E-state index in [1.54, 1.807) is 19.1 Å². The second kappa shape index (κ2) is 43.8. The van der Waals surface area contributed by atoms with E-state index >= 15 is 4.79 Å². The van der Waals surface area contributed by atoms with Crippen molar-refractivity contribution in [2.45, 2.75) is 194 Å². The molecule has 13 atom stereocenters. The second-order valence-corrected chi connectivity index (χ2v) is 28.7. The Morgan fingerprint density at radius 3 is 2.12 bits per heavy atom. The quantitative estimate of drug-likeness (QED) is 0.00862. The number of piperidine rings is 1. The fourth-order valence-corrected chi connectivity index (χ4v) is 13.5. The molecule has 97 heavy (non-hydrogen) atoms. The Labute approximate surface area is 577 Å². The Morgan fingerprint density at radius 2 is 1.52 bits per heavy atom. The van der Waals surface area contributed by atoms with Crippen molar-refractivity contribution >= 4 is 98.0 Å². The van der Waals surface area contributed by atoms with Gasteiger partial charge in [0.2, 0.25) is 23.6 Å². The Kier molecular flexibility index (Phi) is 38.2. The third-order valence-electron chi connectivity index (χ3n) is 16.4. The SMILES string of the molecule is CCC(C)[C@H](CC(=O)[C@H]1CCCCN1C)C(=O)N(COC(=O)CC(C)C)[C@H](C[C@@H](OC(C)=O)c1nc(C(=O)N[C@@H](Cc2ccc(O)cc2)C[C@H](C)C(=O)NNC(=O)OCCSSC[C@H](NC(=O)[C@H](CCC(=O)NC[C@H](O)[C@@H](O)[C@H](O)[C@H](O)CO)CC(C)=O)C(=O)OO)cs1)C(C)C. The zero-order valence-electron chi connectivity index (χ0n) is 56.8. The van der Waals surface area contributed by atoms with Gasteiger partial charge in [-0.1, -0.05) is 95.0 Å². The number of benzene rings is 1. The number of carbonyl (C=O) groups is 11. The summed E-state index contributed by atoms with van der Waals surface area (Å²) in [6, 6.07) is 2.91. The molecule has 2 aromatic rings. The average Bonchev–Trinajstić information content (AvgIpc) is 1.80. The predicted molar refractivity (Wildman–Crippen MR) is 357 cm³/mol. The molecule has 1 aliphatic rings. The van der Waals surface area contributed by atoms with E-state index in [-0.39, 0.29) is 121 Å². The number of likely N-dealkylation sites (N-methyl/N-ethyl adjacent to an activating group) is 1. The van der Waals surface area contributed by atoms with Crippen molar-refractivity contribution in [3.05, 3.63) is 45.9 Å². The lowest BCUT2D eigenvalue weighted by atomic mass is 9.82. The van der Waals surface area contributed by atoms with Gasteiger partial charge in [-0.2, -0.15) is 5.26 Å². The summed E-state index contributed by atoms with van der Waals surface area (Å²) >= 11 is 1.04. The lowest BCUT2D eigenvalue weighted by Crippen LogP contribution is -2.50. The number of hydrazine groups is 1. The molecule has 1 aliphatic heterocycles. The number of thiazole rings is 1. The first-order chi connectivity index (χ1) is 45.8. The summed E-state index contributed by atoms with van der Waals surface area (Å²) in [5, 5.41) is 76.8. The largest absolute Gasteiger partial charge is 0.508 e. The van der Waals surface area contributed by atoms with Gasteiger partial charge < -0.3 is 70.5 Å². The molecule has 1 fully saturated rings. The number of rotatable bonds is 43. The first-order valence-corrected chi connectivity index (χ1v) is 35.8. The van der Waals surface area contributed by atoms with Gasteiger partial charge in [-0.15, -0.1) is 11.3 Å². The van der Waals surface area contributed by atoms with Gasteiger partial charge in [0.15, 0.2) is 18.6 Å². The van der Waals surface area contributed by atoms with Crippen molar-refractivity contribution in [1.82, 2.24) is 41.6 Å². The van der Waals surface area contributed by atoms with E-state index in [0.717, 1.165) is 52.3 Å². The van der Waals surface area contributed by atoms with Crippen LogP contribution >= 0.6 is 32.9 Å². The van der Waals surface area contributed by atoms with Crippen LogP contribution in [0.3, 0.4) is 0 Å². The topological polar surface area (TPSA) is 446 Å². The normalized spacial score (nSPS) is 17.0. The highest BCUT2D eigenvalue weighted by atomic mass is 33.1.